The molecule has 0 aliphatic heterocycles. The van der Waals surface area contributed by atoms with E-state index >= 15 is 0 Å². The Morgan fingerprint density at radius 3 is 2.86 bits per heavy atom. The molecule has 118 valence electrons. The monoisotopic (exact) mass is 295 g/mol. The molecular formula is C17H26FNO2. The van der Waals surface area contributed by atoms with Crippen molar-refractivity contribution in [2.45, 2.75) is 51.9 Å². The number of aliphatic hydroxyl groups excluding tert-OH is 1. The van der Waals surface area contributed by atoms with Crippen LogP contribution in [0.1, 0.15) is 38.7 Å². The van der Waals surface area contributed by atoms with Gasteiger partial charge < -0.3 is 15.2 Å². The van der Waals surface area contributed by atoms with Crippen LogP contribution in [0.25, 0.3) is 0 Å². The second-order valence-electron chi connectivity index (χ2n) is 6.77. The number of hydrogen-bond acceptors (Lipinski definition) is 3. The molecule has 0 saturated heterocycles. The summed E-state index contributed by atoms with van der Waals surface area (Å²) in [6, 6.07) is 7.03. The van der Waals surface area contributed by atoms with Gasteiger partial charge in [0.25, 0.3) is 0 Å². The van der Waals surface area contributed by atoms with Gasteiger partial charge in [0.2, 0.25) is 0 Å². The van der Waals surface area contributed by atoms with Crippen molar-refractivity contribution in [1.82, 2.24) is 5.32 Å². The molecule has 2 atom stereocenters. The van der Waals surface area contributed by atoms with E-state index < -0.39 is 6.10 Å². The van der Waals surface area contributed by atoms with Crippen LogP contribution in [-0.4, -0.2) is 30.4 Å². The van der Waals surface area contributed by atoms with Gasteiger partial charge in [0.1, 0.15) is 5.82 Å². The Labute approximate surface area is 126 Å². The molecule has 1 saturated carbocycles. The van der Waals surface area contributed by atoms with Gasteiger partial charge in [0.05, 0.1) is 19.3 Å². The lowest BCUT2D eigenvalue weighted by molar-refractivity contribution is 0.0266. The van der Waals surface area contributed by atoms with Gasteiger partial charge in [0, 0.05) is 18.2 Å². The average Bonchev–Trinajstić information content (AvgIpc) is 2.78. The molecule has 0 radical (unpaired) electrons. The van der Waals surface area contributed by atoms with Crippen molar-refractivity contribution < 1.29 is 14.2 Å². The molecule has 1 aromatic rings. The third kappa shape index (κ3) is 5.38. The summed E-state index contributed by atoms with van der Waals surface area (Å²) >= 11 is 0. The van der Waals surface area contributed by atoms with Crippen LogP contribution in [0.3, 0.4) is 0 Å². The number of hydrogen-bond donors (Lipinski definition) is 2. The van der Waals surface area contributed by atoms with Gasteiger partial charge >= 0.3 is 0 Å². The molecule has 1 fully saturated rings. The van der Waals surface area contributed by atoms with Crippen LogP contribution >= 0.6 is 0 Å². The Morgan fingerprint density at radius 1 is 1.43 bits per heavy atom. The smallest absolute Gasteiger partial charge is 0.128 e. The predicted octanol–water partition coefficient (Wildman–Crippen LogP) is 2.87. The number of aliphatic hydroxyl groups is 1. The molecule has 0 aromatic heterocycles. The standard InChI is InChI=1S/C17H26FNO2/c1-17(2)8-7-14(9-17)19-10-15(20)12-21-11-13-5-3-4-6-16(13)18/h3-6,14-15,19-20H,7-12H2,1-2H3. The molecule has 1 aliphatic carbocycles. The Morgan fingerprint density at radius 2 is 2.19 bits per heavy atom. The summed E-state index contributed by atoms with van der Waals surface area (Å²) in [5.41, 5.74) is 0.930. The van der Waals surface area contributed by atoms with E-state index in [9.17, 15) is 9.50 Å². The van der Waals surface area contributed by atoms with Crippen LogP contribution in [0.5, 0.6) is 0 Å². The van der Waals surface area contributed by atoms with Gasteiger partial charge in [-0.1, -0.05) is 32.0 Å². The summed E-state index contributed by atoms with van der Waals surface area (Å²) in [6.45, 7) is 5.50. The average molecular weight is 295 g/mol. The topological polar surface area (TPSA) is 41.5 Å². The highest BCUT2D eigenvalue weighted by atomic mass is 19.1. The molecule has 0 spiro atoms. The van der Waals surface area contributed by atoms with Crippen LogP contribution in [0.4, 0.5) is 4.39 Å². The zero-order valence-corrected chi connectivity index (χ0v) is 12.9. The SMILES string of the molecule is CC1(C)CCC(NCC(O)COCc2ccccc2F)C1. The van der Waals surface area contributed by atoms with Crippen molar-refractivity contribution in [3.8, 4) is 0 Å². The highest BCUT2D eigenvalue weighted by Crippen LogP contribution is 2.36. The fourth-order valence-electron chi connectivity index (χ4n) is 2.89. The summed E-state index contributed by atoms with van der Waals surface area (Å²) in [5.74, 6) is -0.265. The molecule has 0 heterocycles. The molecule has 2 unspecified atom stereocenters. The zero-order valence-electron chi connectivity index (χ0n) is 12.9. The number of benzene rings is 1. The maximum atomic E-state index is 13.4. The van der Waals surface area contributed by atoms with Crippen LogP contribution in [0, 0.1) is 11.2 Å². The van der Waals surface area contributed by atoms with E-state index in [0.717, 1.165) is 12.8 Å². The Kier molecular flexibility index (Phi) is 5.73. The normalized spacial score (nSPS) is 22.4. The van der Waals surface area contributed by atoms with E-state index in [2.05, 4.69) is 19.2 Å². The largest absolute Gasteiger partial charge is 0.389 e. The number of ether oxygens (including phenoxy) is 1. The van der Waals surface area contributed by atoms with Gasteiger partial charge in [-0.2, -0.15) is 0 Å². The van der Waals surface area contributed by atoms with Gasteiger partial charge in [-0.15, -0.1) is 0 Å². The van der Waals surface area contributed by atoms with E-state index in [4.69, 9.17) is 4.74 Å². The Balaban J connectivity index is 1.62. The van der Waals surface area contributed by atoms with Gasteiger partial charge in [0.15, 0.2) is 0 Å². The maximum Gasteiger partial charge on any atom is 0.128 e. The highest BCUT2D eigenvalue weighted by Gasteiger charge is 2.30. The van der Waals surface area contributed by atoms with Crippen molar-refractivity contribution in [2.75, 3.05) is 13.2 Å². The summed E-state index contributed by atoms with van der Waals surface area (Å²) in [5, 5.41) is 13.3. The molecular weight excluding hydrogens is 269 g/mol. The van der Waals surface area contributed by atoms with Gasteiger partial charge in [-0.05, 0) is 30.7 Å². The zero-order chi connectivity index (χ0) is 15.3. The van der Waals surface area contributed by atoms with Crippen molar-refractivity contribution in [1.29, 1.82) is 0 Å². The molecule has 3 nitrogen and oxygen atoms in total. The van der Waals surface area contributed by atoms with E-state index in [1.54, 1.807) is 18.2 Å². The van der Waals surface area contributed by atoms with Crippen molar-refractivity contribution in [2.24, 2.45) is 5.41 Å². The van der Waals surface area contributed by atoms with Gasteiger partial charge in [-0.25, -0.2) is 4.39 Å². The number of rotatable bonds is 7. The minimum absolute atomic E-state index is 0.195. The second kappa shape index (κ2) is 7.34. The predicted molar refractivity (Wildman–Crippen MR) is 81.5 cm³/mol. The first-order chi connectivity index (χ1) is 9.96. The molecule has 1 aromatic carbocycles. The van der Waals surface area contributed by atoms with E-state index in [1.807, 2.05) is 0 Å². The third-order valence-corrected chi connectivity index (χ3v) is 4.14. The third-order valence-electron chi connectivity index (χ3n) is 4.14. The second-order valence-corrected chi connectivity index (χ2v) is 6.77. The highest BCUT2D eigenvalue weighted by molar-refractivity contribution is 5.16. The Hall–Kier alpha value is -0.970. The lowest BCUT2D eigenvalue weighted by atomic mass is 9.92. The van der Waals surface area contributed by atoms with Crippen LogP contribution in [0.2, 0.25) is 0 Å². The van der Waals surface area contributed by atoms with E-state index in [-0.39, 0.29) is 19.0 Å². The number of halogens is 1. The molecule has 1 aliphatic rings. The minimum Gasteiger partial charge on any atom is -0.389 e. The number of nitrogens with one attached hydrogen (secondary N) is 1. The summed E-state index contributed by atoms with van der Waals surface area (Å²) in [7, 11) is 0. The van der Waals surface area contributed by atoms with Crippen LogP contribution < -0.4 is 5.32 Å². The summed E-state index contributed by atoms with van der Waals surface area (Å²) in [6.07, 6.45) is 2.98. The quantitative estimate of drug-likeness (QED) is 0.813. The maximum absolute atomic E-state index is 13.4. The molecule has 0 bridgehead atoms. The lowest BCUT2D eigenvalue weighted by Gasteiger charge is -2.19. The molecule has 4 heteroatoms. The van der Waals surface area contributed by atoms with Crippen molar-refractivity contribution >= 4 is 0 Å². The van der Waals surface area contributed by atoms with Crippen LogP contribution in [-0.2, 0) is 11.3 Å². The minimum atomic E-state index is -0.555. The fraction of sp³-hybridized carbons (Fsp3) is 0.647. The first kappa shape index (κ1) is 16.4. The summed E-state index contributed by atoms with van der Waals surface area (Å²) < 4.78 is 18.8. The van der Waals surface area contributed by atoms with Crippen molar-refractivity contribution in [3.05, 3.63) is 35.6 Å². The van der Waals surface area contributed by atoms with Crippen molar-refractivity contribution in [3.63, 3.8) is 0 Å². The summed E-state index contributed by atoms with van der Waals surface area (Å²) in [4.78, 5) is 0. The first-order valence-corrected chi connectivity index (χ1v) is 7.69. The first-order valence-electron chi connectivity index (χ1n) is 7.69. The Bertz CT molecular complexity index is 450. The lowest BCUT2D eigenvalue weighted by Crippen LogP contribution is -2.36. The fourth-order valence-corrected chi connectivity index (χ4v) is 2.89. The molecule has 2 N–H and O–H groups in total. The molecule has 0 amide bonds. The van der Waals surface area contributed by atoms with E-state index in [0.29, 0.717) is 23.6 Å². The molecule has 21 heavy (non-hydrogen) atoms. The van der Waals surface area contributed by atoms with Crippen LogP contribution in [0.15, 0.2) is 24.3 Å². The van der Waals surface area contributed by atoms with Gasteiger partial charge in [-0.3, -0.25) is 0 Å². The molecule has 2 rings (SSSR count). The van der Waals surface area contributed by atoms with E-state index in [1.165, 1.54) is 12.5 Å².